The largest absolute Gasteiger partial charge is 0.345 e. The van der Waals surface area contributed by atoms with Crippen molar-refractivity contribution in [2.75, 3.05) is 0 Å². The van der Waals surface area contributed by atoms with Crippen LogP contribution in [0, 0.1) is 5.41 Å². The quantitative estimate of drug-likeness (QED) is 0.786. The van der Waals surface area contributed by atoms with Crippen molar-refractivity contribution in [1.29, 1.82) is 0 Å². The van der Waals surface area contributed by atoms with Gasteiger partial charge in [0.05, 0.1) is 12.2 Å². The van der Waals surface area contributed by atoms with Gasteiger partial charge in [-0.3, -0.25) is 4.98 Å². The molecule has 0 aromatic carbocycles. The maximum Gasteiger partial charge on any atom is 0.0645 e. The Morgan fingerprint density at radius 1 is 1.12 bits per heavy atom. The minimum absolute atomic E-state index is 0.320. The second-order valence-electron chi connectivity index (χ2n) is 5.69. The number of aromatic nitrogens is 2. The third kappa shape index (κ3) is 3.45. The van der Waals surface area contributed by atoms with E-state index in [4.69, 9.17) is 0 Å². The molecule has 2 rings (SSSR count). The Hall–Kier alpha value is -1.57. The van der Waals surface area contributed by atoms with Crippen LogP contribution in [0.15, 0.2) is 42.7 Å². The molecule has 0 fully saturated rings. The van der Waals surface area contributed by atoms with Crippen LogP contribution in [0.4, 0.5) is 0 Å². The molecule has 2 aromatic heterocycles. The van der Waals surface area contributed by atoms with Gasteiger partial charge < -0.3 is 4.57 Å². The number of pyridine rings is 1. The summed E-state index contributed by atoms with van der Waals surface area (Å²) in [5.74, 6) is 0. The normalized spacial score (nSPS) is 11.7. The zero-order valence-electron chi connectivity index (χ0n) is 10.9. The molecule has 2 heterocycles. The highest BCUT2D eigenvalue weighted by molar-refractivity contribution is 5.12. The van der Waals surface area contributed by atoms with Crippen LogP contribution in [0.5, 0.6) is 0 Å². The van der Waals surface area contributed by atoms with E-state index in [2.05, 4.69) is 54.7 Å². The third-order valence-corrected chi connectivity index (χ3v) is 2.69. The van der Waals surface area contributed by atoms with E-state index in [0.717, 1.165) is 18.7 Å². The molecule has 0 atom stereocenters. The van der Waals surface area contributed by atoms with Gasteiger partial charge in [-0.15, -0.1) is 0 Å². The van der Waals surface area contributed by atoms with E-state index in [1.54, 1.807) is 0 Å². The van der Waals surface area contributed by atoms with Gasteiger partial charge >= 0.3 is 0 Å². The molecule has 2 heteroatoms. The van der Waals surface area contributed by atoms with E-state index in [9.17, 15) is 0 Å². The first-order chi connectivity index (χ1) is 8.04. The van der Waals surface area contributed by atoms with Crippen LogP contribution in [0.25, 0.3) is 0 Å². The van der Waals surface area contributed by atoms with Gasteiger partial charge in [0.2, 0.25) is 0 Å². The second kappa shape index (κ2) is 4.74. The smallest absolute Gasteiger partial charge is 0.0645 e. The number of hydrogen-bond acceptors (Lipinski definition) is 1. The topological polar surface area (TPSA) is 17.8 Å². The maximum absolute atomic E-state index is 4.37. The van der Waals surface area contributed by atoms with Crippen molar-refractivity contribution in [2.24, 2.45) is 5.41 Å². The molecule has 0 aliphatic carbocycles. The molecule has 90 valence electrons. The molecule has 0 amide bonds. The fraction of sp³-hybridized carbons (Fsp3) is 0.400. The SMILES string of the molecule is CC(C)(C)Cc1cccn1Cc1ccccn1. The van der Waals surface area contributed by atoms with Crippen molar-refractivity contribution in [2.45, 2.75) is 33.7 Å². The first-order valence-electron chi connectivity index (χ1n) is 6.08. The monoisotopic (exact) mass is 228 g/mol. The lowest BCUT2D eigenvalue weighted by molar-refractivity contribution is 0.399. The Labute approximate surface area is 103 Å². The van der Waals surface area contributed by atoms with E-state index in [0.29, 0.717) is 5.41 Å². The van der Waals surface area contributed by atoms with Crippen molar-refractivity contribution in [3.05, 3.63) is 54.1 Å². The first kappa shape index (κ1) is 11.9. The van der Waals surface area contributed by atoms with Gasteiger partial charge in [0, 0.05) is 18.1 Å². The van der Waals surface area contributed by atoms with Crippen LogP contribution >= 0.6 is 0 Å². The summed E-state index contributed by atoms with van der Waals surface area (Å²) in [6, 6.07) is 10.4. The van der Waals surface area contributed by atoms with Gasteiger partial charge in [-0.05, 0) is 36.1 Å². The van der Waals surface area contributed by atoms with Crippen LogP contribution in [-0.2, 0) is 13.0 Å². The summed E-state index contributed by atoms with van der Waals surface area (Å²) in [6.45, 7) is 7.67. The van der Waals surface area contributed by atoms with Crippen LogP contribution < -0.4 is 0 Å². The van der Waals surface area contributed by atoms with Crippen LogP contribution in [0.2, 0.25) is 0 Å². The van der Waals surface area contributed by atoms with Gasteiger partial charge in [-0.1, -0.05) is 26.8 Å². The molecule has 0 unspecified atom stereocenters. The Kier molecular flexibility index (Phi) is 3.32. The average Bonchev–Trinajstić information content (AvgIpc) is 2.65. The molecule has 0 saturated heterocycles. The highest BCUT2D eigenvalue weighted by Crippen LogP contribution is 2.21. The molecular formula is C15H20N2. The lowest BCUT2D eigenvalue weighted by Gasteiger charge is -2.19. The fourth-order valence-electron chi connectivity index (χ4n) is 1.97. The fourth-order valence-corrected chi connectivity index (χ4v) is 1.97. The third-order valence-electron chi connectivity index (χ3n) is 2.69. The highest BCUT2D eigenvalue weighted by Gasteiger charge is 2.13. The molecule has 0 bridgehead atoms. The highest BCUT2D eigenvalue weighted by atomic mass is 15.0. The summed E-state index contributed by atoms with van der Waals surface area (Å²) in [5.41, 5.74) is 2.81. The minimum Gasteiger partial charge on any atom is -0.345 e. The summed E-state index contributed by atoms with van der Waals surface area (Å²) in [6.07, 6.45) is 5.07. The lowest BCUT2D eigenvalue weighted by Crippen LogP contribution is -2.13. The van der Waals surface area contributed by atoms with Crippen LogP contribution in [0.1, 0.15) is 32.2 Å². The molecule has 0 N–H and O–H groups in total. The zero-order chi connectivity index (χ0) is 12.3. The Bertz CT molecular complexity index is 463. The molecule has 0 radical (unpaired) electrons. The van der Waals surface area contributed by atoms with E-state index in [1.807, 2.05) is 18.3 Å². The molecule has 0 saturated carbocycles. The van der Waals surface area contributed by atoms with Gasteiger partial charge in [0.15, 0.2) is 0 Å². The van der Waals surface area contributed by atoms with E-state index in [1.165, 1.54) is 5.69 Å². The summed E-state index contributed by atoms with van der Waals surface area (Å²) < 4.78 is 2.29. The molecule has 17 heavy (non-hydrogen) atoms. The first-order valence-corrected chi connectivity index (χ1v) is 6.08. The summed E-state index contributed by atoms with van der Waals surface area (Å²) in [7, 11) is 0. The van der Waals surface area contributed by atoms with Gasteiger partial charge in [0.25, 0.3) is 0 Å². The molecule has 2 aromatic rings. The predicted octanol–water partition coefficient (Wildman–Crippen LogP) is 3.52. The Balaban J connectivity index is 2.15. The predicted molar refractivity (Wildman–Crippen MR) is 70.9 cm³/mol. The second-order valence-corrected chi connectivity index (χ2v) is 5.69. The van der Waals surface area contributed by atoms with E-state index in [-0.39, 0.29) is 0 Å². The van der Waals surface area contributed by atoms with Crippen molar-refractivity contribution in [3.8, 4) is 0 Å². The van der Waals surface area contributed by atoms with Crippen LogP contribution in [-0.4, -0.2) is 9.55 Å². The Morgan fingerprint density at radius 3 is 2.59 bits per heavy atom. The molecule has 0 spiro atoms. The van der Waals surface area contributed by atoms with Crippen molar-refractivity contribution >= 4 is 0 Å². The lowest BCUT2D eigenvalue weighted by atomic mass is 9.90. The van der Waals surface area contributed by atoms with Gasteiger partial charge in [-0.25, -0.2) is 0 Å². The maximum atomic E-state index is 4.37. The van der Waals surface area contributed by atoms with E-state index < -0.39 is 0 Å². The number of nitrogens with zero attached hydrogens (tertiary/aromatic N) is 2. The van der Waals surface area contributed by atoms with Crippen molar-refractivity contribution in [1.82, 2.24) is 9.55 Å². The van der Waals surface area contributed by atoms with Crippen molar-refractivity contribution in [3.63, 3.8) is 0 Å². The summed E-state index contributed by atoms with van der Waals surface area (Å²) in [4.78, 5) is 4.37. The molecular weight excluding hydrogens is 208 g/mol. The standard InChI is InChI=1S/C15H20N2/c1-15(2,3)11-14-8-6-10-17(14)12-13-7-4-5-9-16-13/h4-10H,11-12H2,1-3H3. The number of hydrogen-bond donors (Lipinski definition) is 0. The minimum atomic E-state index is 0.320. The van der Waals surface area contributed by atoms with E-state index >= 15 is 0 Å². The molecule has 0 aliphatic rings. The number of rotatable bonds is 3. The van der Waals surface area contributed by atoms with Gasteiger partial charge in [-0.2, -0.15) is 0 Å². The summed E-state index contributed by atoms with van der Waals surface area (Å²) >= 11 is 0. The van der Waals surface area contributed by atoms with Crippen LogP contribution in [0.3, 0.4) is 0 Å². The Morgan fingerprint density at radius 2 is 1.94 bits per heavy atom. The van der Waals surface area contributed by atoms with Gasteiger partial charge in [0.1, 0.15) is 0 Å². The molecule has 0 aliphatic heterocycles. The average molecular weight is 228 g/mol. The summed E-state index contributed by atoms with van der Waals surface area (Å²) in [5, 5.41) is 0. The van der Waals surface area contributed by atoms with Crippen molar-refractivity contribution < 1.29 is 0 Å². The molecule has 2 nitrogen and oxygen atoms in total. The zero-order valence-corrected chi connectivity index (χ0v) is 10.9.